The van der Waals surface area contributed by atoms with E-state index in [1.807, 2.05) is 47.9 Å². The quantitative estimate of drug-likeness (QED) is 0.716. The van der Waals surface area contributed by atoms with Crippen LogP contribution in [0.2, 0.25) is 0 Å². The van der Waals surface area contributed by atoms with Gasteiger partial charge in [0.05, 0.1) is 24.6 Å². The van der Waals surface area contributed by atoms with Gasteiger partial charge < -0.3 is 5.32 Å². The van der Waals surface area contributed by atoms with Gasteiger partial charge in [-0.05, 0) is 19.9 Å². The molecular formula is C16H21N7O. The fourth-order valence-electron chi connectivity index (χ4n) is 2.43. The van der Waals surface area contributed by atoms with Crippen molar-refractivity contribution in [2.75, 3.05) is 5.32 Å². The molecule has 8 heteroatoms. The normalized spacial score (nSPS) is 10.9. The highest BCUT2D eigenvalue weighted by molar-refractivity contribution is 5.90. The average molecular weight is 327 g/mol. The van der Waals surface area contributed by atoms with E-state index in [4.69, 9.17) is 0 Å². The summed E-state index contributed by atoms with van der Waals surface area (Å²) in [6, 6.07) is 1.92. The number of carbonyl (C=O) groups excluding carboxylic acids is 1. The molecule has 0 aliphatic heterocycles. The Bertz CT molecular complexity index is 814. The van der Waals surface area contributed by atoms with Crippen LogP contribution in [0.15, 0.2) is 37.1 Å². The summed E-state index contributed by atoms with van der Waals surface area (Å²) < 4.78 is 5.47. The second-order valence-corrected chi connectivity index (χ2v) is 5.62. The van der Waals surface area contributed by atoms with Crippen LogP contribution in [0.3, 0.4) is 0 Å². The van der Waals surface area contributed by atoms with Gasteiger partial charge in [0.2, 0.25) is 5.91 Å². The van der Waals surface area contributed by atoms with E-state index in [0.29, 0.717) is 25.2 Å². The summed E-state index contributed by atoms with van der Waals surface area (Å²) in [7, 11) is 0. The summed E-state index contributed by atoms with van der Waals surface area (Å²) >= 11 is 0. The topological polar surface area (TPSA) is 82.6 Å². The second-order valence-electron chi connectivity index (χ2n) is 5.62. The van der Waals surface area contributed by atoms with Gasteiger partial charge in [-0.1, -0.05) is 0 Å². The maximum Gasteiger partial charge on any atom is 0.226 e. The zero-order valence-corrected chi connectivity index (χ0v) is 13.9. The van der Waals surface area contributed by atoms with Gasteiger partial charge in [-0.3, -0.25) is 18.8 Å². The zero-order chi connectivity index (χ0) is 16.9. The lowest BCUT2D eigenvalue weighted by Crippen LogP contribution is -2.15. The van der Waals surface area contributed by atoms with Crippen LogP contribution in [0.25, 0.3) is 0 Å². The molecule has 0 aromatic carbocycles. The number of hydrogen-bond acceptors (Lipinski definition) is 4. The van der Waals surface area contributed by atoms with Crippen molar-refractivity contribution < 1.29 is 4.79 Å². The minimum Gasteiger partial charge on any atom is -0.323 e. The highest BCUT2D eigenvalue weighted by atomic mass is 16.1. The Hall–Kier alpha value is -2.90. The molecule has 0 unspecified atom stereocenters. The number of anilines is 1. The molecule has 0 fully saturated rings. The molecule has 126 valence electrons. The molecule has 0 atom stereocenters. The van der Waals surface area contributed by atoms with Crippen molar-refractivity contribution in [2.24, 2.45) is 0 Å². The summed E-state index contributed by atoms with van der Waals surface area (Å²) in [6.07, 6.45) is 9.40. The highest BCUT2D eigenvalue weighted by Gasteiger charge is 2.07. The van der Waals surface area contributed by atoms with Gasteiger partial charge in [-0.25, -0.2) is 0 Å². The van der Waals surface area contributed by atoms with Crippen molar-refractivity contribution in [3.63, 3.8) is 0 Å². The smallest absolute Gasteiger partial charge is 0.226 e. The van der Waals surface area contributed by atoms with Crippen LogP contribution >= 0.6 is 0 Å². The third-order valence-corrected chi connectivity index (χ3v) is 3.75. The summed E-state index contributed by atoms with van der Waals surface area (Å²) in [5.41, 5.74) is 2.82. The van der Waals surface area contributed by atoms with Crippen molar-refractivity contribution in [3.8, 4) is 0 Å². The first kappa shape index (κ1) is 16.0. The van der Waals surface area contributed by atoms with Crippen LogP contribution in [0.1, 0.15) is 24.6 Å². The Kier molecular flexibility index (Phi) is 4.74. The Morgan fingerprint density at radius 2 is 2.00 bits per heavy atom. The van der Waals surface area contributed by atoms with Gasteiger partial charge >= 0.3 is 0 Å². The molecule has 3 aromatic heterocycles. The predicted octanol–water partition coefficient (Wildman–Crippen LogP) is 1.68. The lowest BCUT2D eigenvalue weighted by atomic mass is 10.3. The van der Waals surface area contributed by atoms with E-state index < -0.39 is 0 Å². The Labute approximate surface area is 140 Å². The molecule has 1 amide bonds. The number of nitrogens with zero attached hydrogens (tertiary/aromatic N) is 6. The van der Waals surface area contributed by atoms with E-state index in [0.717, 1.165) is 17.8 Å². The van der Waals surface area contributed by atoms with Gasteiger partial charge in [-0.15, -0.1) is 0 Å². The molecule has 8 nitrogen and oxygen atoms in total. The lowest BCUT2D eigenvalue weighted by Gasteiger charge is -2.04. The van der Waals surface area contributed by atoms with Crippen LogP contribution in [-0.2, 0) is 24.4 Å². The fraction of sp³-hybridized carbons (Fsp3) is 0.375. The minimum atomic E-state index is -0.0525. The third kappa shape index (κ3) is 3.89. The van der Waals surface area contributed by atoms with Gasteiger partial charge in [0.15, 0.2) is 0 Å². The number of carbonyl (C=O) groups is 1. The molecule has 3 heterocycles. The third-order valence-electron chi connectivity index (χ3n) is 3.75. The molecule has 0 radical (unpaired) electrons. The van der Waals surface area contributed by atoms with Crippen molar-refractivity contribution in [1.29, 1.82) is 0 Å². The van der Waals surface area contributed by atoms with Gasteiger partial charge in [0.1, 0.15) is 0 Å². The molecule has 0 bridgehead atoms. The maximum atomic E-state index is 12.0. The summed E-state index contributed by atoms with van der Waals surface area (Å²) in [6.45, 7) is 6.05. The van der Waals surface area contributed by atoms with E-state index in [1.54, 1.807) is 17.1 Å². The summed E-state index contributed by atoms with van der Waals surface area (Å²) in [5, 5.41) is 15.5. The van der Waals surface area contributed by atoms with Gasteiger partial charge in [0, 0.05) is 49.4 Å². The van der Waals surface area contributed by atoms with E-state index in [1.165, 1.54) is 0 Å². The van der Waals surface area contributed by atoms with Crippen LogP contribution in [-0.4, -0.2) is 35.2 Å². The van der Waals surface area contributed by atoms with Crippen LogP contribution < -0.4 is 5.32 Å². The van der Waals surface area contributed by atoms with E-state index in [-0.39, 0.29) is 5.91 Å². The van der Waals surface area contributed by atoms with E-state index in [9.17, 15) is 4.79 Å². The van der Waals surface area contributed by atoms with Crippen LogP contribution in [0.5, 0.6) is 0 Å². The fourth-order valence-corrected chi connectivity index (χ4v) is 2.43. The number of rotatable bonds is 7. The van der Waals surface area contributed by atoms with Crippen LogP contribution in [0, 0.1) is 6.92 Å². The molecule has 0 aliphatic carbocycles. The Balaban J connectivity index is 1.51. The number of hydrogen-bond donors (Lipinski definition) is 1. The van der Waals surface area contributed by atoms with Crippen molar-refractivity contribution in [2.45, 2.75) is 39.9 Å². The van der Waals surface area contributed by atoms with Gasteiger partial charge in [-0.2, -0.15) is 15.3 Å². The first-order valence-corrected chi connectivity index (χ1v) is 7.96. The predicted molar refractivity (Wildman–Crippen MR) is 89.4 cm³/mol. The lowest BCUT2D eigenvalue weighted by molar-refractivity contribution is -0.116. The second kappa shape index (κ2) is 7.12. The van der Waals surface area contributed by atoms with Crippen LogP contribution in [0.4, 0.5) is 5.69 Å². The number of aryl methyl sites for hydroxylation is 3. The molecule has 24 heavy (non-hydrogen) atoms. The standard InChI is InChI=1S/C16H21N7O/c1-3-21-10-14(8-18-21)11-22-12-15(9-19-22)20-16(24)5-7-23-13(2)4-6-17-23/h4,6,8-10,12H,3,5,7,11H2,1-2H3,(H,20,24). The molecule has 0 aliphatic rings. The molecular weight excluding hydrogens is 306 g/mol. The van der Waals surface area contributed by atoms with Gasteiger partial charge in [0.25, 0.3) is 0 Å². The number of nitrogens with one attached hydrogen (secondary N) is 1. The van der Waals surface area contributed by atoms with E-state index in [2.05, 4.69) is 20.6 Å². The Morgan fingerprint density at radius 3 is 2.71 bits per heavy atom. The monoisotopic (exact) mass is 327 g/mol. The molecule has 0 saturated carbocycles. The van der Waals surface area contributed by atoms with Crippen molar-refractivity contribution in [1.82, 2.24) is 29.3 Å². The molecule has 3 aromatic rings. The largest absolute Gasteiger partial charge is 0.323 e. The van der Waals surface area contributed by atoms with E-state index >= 15 is 0 Å². The first-order valence-electron chi connectivity index (χ1n) is 7.96. The number of aromatic nitrogens is 6. The minimum absolute atomic E-state index is 0.0525. The molecule has 3 rings (SSSR count). The molecule has 0 spiro atoms. The summed E-state index contributed by atoms with van der Waals surface area (Å²) in [5.74, 6) is -0.0525. The SMILES string of the molecule is CCn1cc(Cn2cc(NC(=O)CCn3nccc3C)cn2)cn1. The van der Waals surface area contributed by atoms with Crippen molar-refractivity contribution in [3.05, 3.63) is 48.3 Å². The molecule has 1 N–H and O–H groups in total. The Morgan fingerprint density at radius 1 is 1.17 bits per heavy atom. The highest BCUT2D eigenvalue weighted by Crippen LogP contribution is 2.09. The number of amides is 1. The molecule has 0 saturated heterocycles. The van der Waals surface area contributed by atoms with Crippen molar-refractivity contribution >= 4 is 11.6 Å². The first-order chi connectivity index (χ1) is 11.6. The maximum absolute atomic E-state index is 12.0. The average Bonchev–Trinajstić information content (AvgIpc) is 3.28. The zero-order valence-electron chi connectivity index (χ0n) is 13.9. The summed E-state index contributed by atoms with van der Waals surface area (Å²) in [4.78, 5) is 12.0.